The van der Waals surface area contributed by atoms with Crippen molar-refractivity contribution in [3.05, 3.63) is 78.9 Å². The summed E-state index contributed by atoms with van der Waals surface area (Å²) in [4.78, 5) is 33.4. The number of aryl methyl sites for hydroxylation is 4. The van der Waals surface area contributed by atoms with Crippen LogP contribution in [0.1, 0.15) is 40.5 Å². The van der Waals surface area contributed by atoms with Crippen molar-refractivity contribution < 1.29 is 4.79 Å². The second-order valence-electron chi connectivity index (χ2n) is 8.63. The second-order valence-corrected chi connectivity index (χ2v) is 11.1. The van der Waals surface area contributed by atoms with Gasteiger partial charge in [0.05, 0.1) is 16.8 Å². The molecule has 8 heteroatoms. The van der Waals surface area contributed by atoms with Crippen LogP contribution in [0.4, 0.5) is 5.69 Å². The summed E-state index contributed by atoms with van der Waals surface area (Å²) in [5.41, 5.74) is 5.40. The SMILES string of the molecule is CCCc1sc2nc(SCC(=O)Nc3cccc(Cl)c3C)n(-c3ccc(C)c(C)c3)c(=O)c2c1C. The summed E-state index contributed by atoms with van der Waals surface area (Å²) < 4.78 is 1.65. The number of fused-ring (bicyclic) bond motifs is 1. The lowest BCUT2D eigenvalue weighted by atomic mass is 10.1. The van der Waals surface area contributed by atoms with Crippen LogP contribution < -0.4 is 10.9 Å². The van der Waals surface area contributed by atoms with E-state index in [0.717, 1.165) is 45.6 Å². The van der Waals surface area contributed by atoms with Crippen LogP contribution in [-0.2, 0) is 11.2 Å². The summed E-state index contributed by atoms with van der Waals surface area (Å²) in [6.07, 6.45) is 1.92. The van der Waals surface area contributed by atoms with Gasteiger partial charge in [0.1, 0.15) is 4.83 Å². The quantitative estimate of drug-likeness (QED) is 0.208. The van der Waals surface area contributed by atoms with Crippen LogP contribution in [0.5, 0.6) is 0 Å². The van der Waals surface area contributed by atoms with Gasteiger partial charge in [-0.25, -0.2) is 4.98 Å². The number of anilines is 1. The topological polar surface area (TPSA) is 64.0 Å². The largest absolute Gasteiger partial charge is 0.325 e. The molecule has 1 N–H and O–H groups in total. The van der Waals surface area contributed by atoms with E-state index < -0.39 is 0 Å². The Morgan fingerprint density at radius 3 is 2.60 bits per heavy atom. The lowest BCUT2D eigenvalue weighted by Gasteiger charge is -2.14. The highest BCUT2D eigenvalue weighted by Crippen LogP contribution is 2.31. The third-order valence-corrected chi connectivity index (χ3v) is 8.73. The number of hydrogen-bond donors (Lipinski definition) is 1. The van der Waals surface area contributed by atoms with E-state index in [4.69, 9.17) is 16.6 Å². The minimum atomic E-state index is -0.185. The number of nitrogens with one attached hydrogen (secondary N) is 1. The predicted octanol–water partition coefficient (Wildman–Crippen LogP) is 7.02. The molecule has 0 spiro atoms. The zero-order valence-electron chi connectivity index (χ0n) is 20.5. The lowest BCUT2D eigenvalue weighted by molar-refractivity contribution is -0.113. The molecule has 2 aromatic carbocycles. The Bertz CT molecular complexity index is 1490. The van der Waals surface area contributed by atoms with E-state index in [1.807, 2.05) is 52.0 Å². The van der Waals surface area contributed by atoms with Crippen molar-refractivity contribution in [1.82, 2.24) is 9.55 Å². The molecule has 2 aromatic heterocycles. The fraction of sp³-hybridized carbons (Fsp3) is 0.296. The van der Waals surface area contributed by atoms with Crippen LogP contribution in [0.25, 0.3) is 15.9 Å². The number of aromatic nitrogens is 2. The van der Waals surface area contributed by atoms with Gasteiger partial charge in [-0.1, -0.05) is 48.8 Å². The molecule has 4 rings (SSSR count). The smallest absolute Gasteiger partial charge is 0.267 e. The zero-order chi connectivity index (χ0) is 25.3. The van der Waals surface area contributed by atoms with Crippen molar-refractivity contribution in [3.63, 3.8) is 0 Å². The summed E-state index contributed by atoms with van der Waals surface area (Å²) in [5, 5.41) is 4.70. The first-order valence-electron chi connectivity index (χ1n) is 11.5. The highest BCUT2D eigenvalue weighted by Gasteiger charge is 2.20. The second kappa shape index (κ2) is 10.6. The predicted molar refractivity (Wildman–Crippen MR) is 149 cm³/mol. The molecule has 1 amide bonds. The maximum atomic E-state index is 13.8. The molecule has 2 heterocycles. The number of benzene rings is 2. The first-order valence-corrected chi connectivity index (χ1v) is 13.7. The summed E-state index contributed by atoms with van der Waals surface area (Å²) >= 11 is 9.02. The number of amides is 1. The Morgan fingerprint density at radius 1 is 1.11 bits per heavy atom. The summed E-state index contributed by atoms with van der Waals surface area (Å²) in [6.45, 7) is 10.1. The van der Waals surface area contributed by atoms with Gasteiger partial charge in [-0.3, -0.25) is 14.2 Å². The summed E-state index contributed by atoms with van der Waals surface area (Å²) in [5.74, 6) is -0.0728. The molecule has 0 unspecified atom stereocenters. The summed E-state index contributed by atoms with van der Waals surface area (Å²) in [7, 11) is 0. The third-order valence-electron chi connectivity index (χ3n) is 6.13. The fourth-order valence-corrected chi connectivity index (χ4v) is 6.23. The molecule has 5 nitrogen and oxygen atoms in total. The van der Waals surface area contributed by atoms with E-state index in [-0.39, 0.29) is 17.2 Å². The van der Waals surface area contributed by atoms with E-state index >= 15 is 0 Å². The number of hydrogen-bond acceptors (Lipinski definition) is 5. The van der Waals surface area contributed by atoms with Crippen molar-refractivity contribution >= 4 is 56.5 Å². The number of thiophene rings is 1. The van der Waals surface area contributed by atoms with Gasteiger partial charge in [-0.15, -0.1) is 11.3 Å². The molecule has 0 radical (unpaired) electrons. The fourth-order valence-electron chi connectivity index (χ4n) is 3.92. The normalized spacial score (nSPS) is 11.3. The van der Waals surface area contributed by atoms with Crippen LogP contribution in [0.2, 0.25) is 5.02 Å². The van der Waals surface area contributed by atoms with E-state index in [1.165, 1.54) is 16.6 Å². The van der Waals surface area contributed by atoms with E-state index in [9.17, 15) is 9.59 Å². The number of carbonyl (C=O) groups excluding carboxylic acids is 1. The van der Waals surface area contributed by atoms with E-state index in [1.54, 1.807) is 28.0 Å². The van der Waals surface area contributed by atoms with Crippen molar-refractivity contribution in [2.45, 2.75) is 52.6 Å². The van der Waals surface area contributed by atoms with Crippen molar-refractivity contribution in [2.75, 3.05) is 11.1 Å². The average Bonchev–Trinajstić information content (AvgIpc) is 3.13. The molecule has 182 valence electrons. The molecule has 4 aromatic rings. The number of carbonyl (C=O) groups is 1. The Labute approximate surface area is 218 Å². The van der Waals surface area contributed by atoms with Crippen molar-refractivity contribution in [1.29, 1.82) is 0 Å². The van der Waals surface area contributed by atoms with Crippen molar-refractivity contribution in [3.8, 4) is 5.69 Å². The average molecular weight is 526 g/mol. The highest BCUT2D eigenvalue weighted by atomic mass is 35.5. The molecule has 35 heavy (non-hydrogen) atoms. The van der Waals surface area contributed by atoms with Gasteiger partial charge in [-0.05, 0) is 80.6 Å². The molecule has 0 fully saturated rings. The lowest BCUT2D eigenvalue weighted by Crippen LogP contribution is -2.23. The molecular formula is C27H28ClN3O2S2. The Morgan fingerprint density at radius 2 is 1.89 bits per heavy atom. The van der Waals surface area contributed by atoms with Gasteiger partial charge in [0.2, 0.25) is 5.91 Å². The molecular weight excluding hydrogens is 498 g/mol. The first kappa shape index (κ1) is 25.5. The molecule has 0 saturated heterocycles. The molecule has 0 bridgehead atoms. The van der Waals surface area contributed by atoms with Crippen molar-refractivity contribution in [2.24, 2.45) is 0 Å². The molecule has 0 aliphatic rings. The standard InChI is InChI=1S/C27H28ClN3O2S2/c1-6-8-22-18(5)24-25(35-22)30-27(31(26(24)33)19-12-11-15(2)16(3)13-19)34-14-23(32)29-21-10-7-9-20(28)17(21)4/h7,9-13H,6,8,14H2,1-5H3,(H,29,32). The van der Waals surface area contributed by atoms with Gasteiger partial charge >= 0.3 is 0 Å². The monoisotopic (exact) mass is 525 g/mol. The van der Waals surface area contributed by atoms with E-state index in [0.29, 0.717) is 21.3 Å². The number of halogens is 1. The minimum Gasteiger partial charge on any atom is -0.325 e. The van der Waals surface area contributed by atoms with Crippen LogP contribution in [0.15, 0.2) is 46.3 Å². The van der Waals surface area contributed by atoms with Crippen LogP contribution in [-0.4, -0.2) is 21.2 Å². The first-order chi connectivity index (χ1) is 16.7. The van der Waals surface area contributed by atoms with Gasteiger partial charge in [0.25, 0.3) is 5.56 Å². The highest BCUT2D eigenvalue weighted by molar-refractivity contribution is 7.99. The summed E-state index contributed by atoms with van der Waals surface area (Å²) in [6, 6.07) is 11.4. The maximum Gasteiger partial charge on any atom is 0.267 e. The van der Waals surface area contributed by atoms with Gasteiger partial charge < -0.3 is 5.32 Å². The van der Waals surface area contributed by atoms with Crippen LogP contribution in [0.3, 0.4) is 0 Å². The number of nitrogens with zero attached hydrogens (tertiary/aromatic N) is 2. The Kier molecular flexibility index (Phi) is 7.69. The molecule has 0 aliphatic carbocycles. The molecule has 0 aliphatic heterocycles. The van der Waals surface area contributed by atoms with Gasteiger partial charge in [0, 0.05) is 15.6 Å². The third kappa shape index (κ3) is 5.17. The Balaban J connectivity index is 1.75. The maximum absolute atomic E-state index is 13.8. The van der Waals surface area contributed by atoms with Gasteiger partial charge in [0.15, 0.2) is 5.16 Å². The minimum absolute atomic E-state index is 0.0945. The van der Waals surface area contributed by atoms with Crippen LogP contribution in [0, 0.1) is 27.7 Å². The van der Waals surface area contributed by atoms with E-state index in [2.05, 4.69) is 12.2 Å². The van der Waals surface area contributed by atoms with Crippen LogP contribution >= 0.6 is 34.7 Å². The number of rotatable bonds is 7. The Hall–Kier alpha value is -2.61. The van der Waals surface area contributed by atoms with Gasteiger partial charge in [-0.2, -0.15) is 0 Å². The molecule has 0 saturated carbocycles. The number of thioether (sulfide) groups is 1. The molecule has 0 atom stereocenters. The zero-order valence-corrected chi connectivity index (χ0v) is 22.9.